The van der Waals surface area contributed by atoms with E-state index in [-0.39, 0.29) is 0 Å². The number of imidazole rings is 1. The summed E-state index contributed by atoms with van der Waals surface area (Å²) in [7, 11) is 0. The number of hydrogen-bond acceptors (Lipinski definition) is 3. The lowest BCUT2D eigenvalue weighted by molar-refractivity contribution is 0.597. The van der Waals surface area contributed by atoms with Crippen LogP contribution in [0, 0.1) is 0 Å². The first kappa shape index (κ1) is 10.8. The highest BCUT2D eigenvalue weighted by Crippen LogP contribution is 2.35. The molecule has 0 unspecified atom stereocenters. The van der Waals surface area contributed by atoms with Crippen molar-refractivity contribution in [3.63, 3.8) is 0 Å². The van der Waals surface area contributed by atoms with Crippen molar-refractivity contribution in [2.75, 3.05) is 5.88 Å². The molecule has 1 fully saturated rings. The average molecular weight is 252 g/mol. The van der Waals surface area contributed by atoms with E-state index in [9.17, 15) is 0 Å². The molecule has 3 rings (SSSR count). The van der Waals surface area contributed by atoms with Crippen LogP contribution in [0.5, 0.6) is 0 Å². The molecule has 0 saturated heterocycles. The fourth-order valence-electron chi connectivity index (χ4n) is 1.93. The molecule has 2 heterocycles. The molecule has 0 atom stereocenters. The lowest BCUT2D eigenvalue weighted by atomic mass is 10.4. The molecule has 0 spiro atoms. The van der Waals surface area contributed by atoms with Gasteiger partial charge in [0.05, 0.1) is 30.5 Å². The molecule has 90 valence electrons. The largest absolute Gasteiger partial charge is 0.330 e. The molecule has 17 heavy (non-hydrogen) atoms. The van der Waals surface area contributed by atoms with Gasteiger partial charge in [0.25, 0.3) is 0 Å². The van der Waals surface area contributed by atoms with Crippen LogP contribution in [0.2, 0.25) is 0 Å². The Morgan fingerprint density at radius 1 is 1.41 bits per heavy atom. The summed E-state index contributed by atoms with van der Waals surface area (Å²) in [6, 6.07) is 0.651. The second kappa shape index (κ2) is 4.49. The quantitative estimate of drug-likeness (QED) is 0.759. The Bertz CT molecular complexity index is 499. The van der Waals surface area contributed by atoms with Crippen LogP contribution in [0.4, 0.5) is 0 Å². The zero-order chi connectivity index (χ0) is 11.7. The van der Waals surface area contributed by atoms with Crippen LogP contribution in [0.15, 0.2) is 18.7 Å². The Morgan fingerprint density at radius 2 is 2.29 bits per heavy atom. The van der Waals surface area contributed by atoms with Crippen LogP contribution < -0.4 is 0 Å². The summed E-state index contributed by atoms with van der Waals surface area (Å²) in [4.78, 5) is 4.20. The molecule has 5 nitrogen and oxygen atoms in total. The van der Waals surface area contributed by atoms with Crippen molar-refractivity contribution < 1.29 is 0 Å². The summed E-state index contributed by atoms with van der Waals surface area (Å²) in [6.45, 7) is 0.728. The fourth-order valence-corrected chi connectivity index (χ4v) is 2.12. The summed E-state index contributed by atoms with van der Waals surface area (Å²) < 4.78 is 4.08. The number of nitrogens with zero attached hydrogens (tertiary/aromatic N) is 5. The smallest absolute Gasteiger partial charge is 0.0951 e. The summed E-state index contributed by atoms with van der Waals surface area (Å²) in [5.74, 6) is 0.582. The van der Waals surface area contributed by atoms with Crippen molar-refractivity contribution in [3.8, 4) is 0 Å². The molecule has 1 saturated carbocycles. The topological polar surface area (TPSA) is 48.5 Å². The van der Waals surface area contributed by atoms with Crippen LogP contribution in [0.1, 0.15) is 30.3 Å². The number of alkyl halides is 1. The molecule has 0 aliphatic heterocycles. The van der Waals surface area contributed by atoms with Crippen LogP contribution in [0.3, 0.4) is 0 Å². The predicted molar refractivity (Wildman–Crippen MR) is 64.0 cm³/mol. The van der Waals surface area contributed by atoms with Gasteiger partial charge >= 0.3 is 0 Å². The monoisotopic (exact) mass is 251 g/mol. The van der Waals surface area contributed by atoms with Crippen LogP contribution in [0.25, 0.3) is 0 Å². The van der Waals surface area contributed by atoms with Crippen molar-refractivity contribution in [1.29, 1.82) is 0 Å². The van der Waals surface area contributed by atoms with Crippen molar-refractivity contribution in [2.24, 2.45) is 0 Å². The highest BCUT2D eigenvalue weighted by molar-refractivity contribution is 6.17. The van der Waals surface area contributed by atoms with Gasteiger partial charge in [-0.3, -0.25) is 0 Å². The second-order valence-electron chi connectivity index (χ2n) is 4.37. The first-order valence-electron chi connectivity index (χ1n) is 5.82. The van der Waals surface area contributed by atoms with Crippen molar-refractivity contribution in [3.05, 3.63) is 30.1 Å². The highest BCUT2D eigenvalue weighted by Gasteiger charge is 2.25. The van der Waals surface area contributed by atoms with E-state index in [0.29, 0.717) is 11.9 Å². The van der Waals surface area contributed by atoms with Gasteiger partial charge in [-0.15, -0.1) is 16.7 Å². The van der Waals surface area contributed by atoms with Gasteiger partial charge in [0.15, 0.2) is 0 Å². The van der Waals surface area contributed by atoms with Crippen LogP contribution >= 0.6 is 11.6 Å². The number of hydrogen-bond donors (Lipinski definition) is 0. The van der Waals surface area contributed by atoms with Gasteiger partial charge in [0.2, 0.25) is 0 Å². The van der Waals surface area contributed by atoms with Gasteiger partial charge in [-0.25, -0.2) is 9.67 Å². The first-order valence-corrected chi connectivity index (χ1v) is 6.36. The predicted octanol–water partition coefficient (Wildman–Crippen LogP) is 1.64. The van der Waals surface area contributed by atoms with Crippen molar-refractivity contribution in [2.45, 2.75) is 31.8 Å². The molecule has 1 aliphatic carbocycles. The molecule has 6 heteroatoms. The van der Waals surface area contributed by atoms with Crippen LogP contribution in [-0.2, 0) is 13.0 Å². The van der Waals surface area contributed by atoms with Crippen molar-refractivity contribution in [1.82, 2.24) is 24.5 Å². The minimum atomic E-state index is 0.582. The van der Waals surface area contributed by atoms with E-state index < -0.39 is 0 Å². The first-order chi connectivity index (χ1) is 8.36. The van der Waals surface area contributed by atoms with E-state index in [2.05, 4.69) is 19.9 Å². The maximum atomic E-state index is 5.67. The van der Waals surface area contributed by atoms with Crippen LogP contribution in [-0.4, -0.2) is 30.4 Å². The zero-order valence-corrected chi connectivity index (χ0v) is 10.2. The second-order valence-corrected chi connectivity index (χ2v) is 4.75. The SMILES string of the molecule is ClCCc1cn(Cc2cncn2C2CC2)nn1. The summed E-state index contributed by atoms with van der Waals surface area (Å²) in [5.41, 5.74) is 2.13. The molecular weight excluding hydrogens is 238 g/mol. The van der Waals surface area contributed by atoms with E-state index >= 15 is 0 Å². The molecule has 2 aromatic rings. The third-order valence-corrected chi connectivity index (χ3v) is 3.14. The van der Waals surface area contributed by atoms with Gasteiger partial charge in [0, 0.05) is 24.5 Å². The minimum Gasteiger partial charge on any atom is -0.330 e. The maximum Gasteiger partial charge on any atom is 0.0951 e. The lowest BCUT2D eigenvalue weighted by Gasteiger charge is -2.05. The number of halogens is 1. The van der Waals surface area contributed by atoms with E-state index in [0.717, 1.165) is 18.7 Å². The Balaban J connectivity index is 1.74. The third-order valence-electron chi connectivity index (χ3n) is 2.95. The van der Waals surface area contributed by atoms with E-state index in [1.807, 2.05) is 23.4 Å². The Hall–Kier alpha value is -1.36. The molecule has 2 aromatic heterocycles. The number of aromatic nitrogens is 5. The van der Waals surface area contributed by atoms with Gasteiger partial charge in [-0.2, -0.15) is 0 Å². The molecule has 0 bridgehead atoms. The van der Waals surface area contributed by atoms with Gasteiger partial charge < -0.3 is 4.57 Å². The summed E-state index contributed by atoms with van der Waals surface area (Å²) in [5, 5.41) is 8.17. The normalized spacial score (nSPS) is 15.4. The Morgan fingerprint density at radius 3 is 3.06 bits per heavy atom. The average Bonchev–Trinajstić information content (AvgIpc) is 2.91. The summed E-state index contributed by atoms with van der Waals surface area (Å²) in [6.07, 6.45) is 9.05. The molecule has 0 radical (unpaired) electrons. The van der Waals surface area contributed by atoms with Gasteiger partial charge in [-0.05, 0) is 12.8 Å². The standard InChI is InChI=1S/C11H14ClN5/c12-4-3-9-6-16(15-14-9)7-11-5-13-8-17(11)10-1-2-10/h5-6,8,10H,1-4,7H2. The minimum absolute atomic E-state index is 0.582. The van der Waals surface area contributed by atoms with Crippen molar-refractivity contribution >= 4 is 11.6 Å². The third kappa shape index (κ3) is 2.34. The highest BCUT2D eigenvalue weighted by atomic mass is 35.5. The van der Waals surface area contributed by atoms with Gasteiger partial charge in [0.1, 0.15) is 0 Å². The zero-order valence-electron chi connectivity index (χ0n) is 9.46. The Labute approximate surface area is 104 Å². The maximum absolute atomic E-state index is 5.67. The molecular formula is C11H14ClN5. The lowest BCUT2D eigenvalue weighted by Crippen LogP contribution is -2.06. The molecule has 0 amide bonds. The Kier molecular flexibility index (Phi) is 2.84. The van der Waals surface area contributed by atoms with E-state index in [1.165, 1.54) is 18.5 Å². The fraction of sp³-hybridized carbons (Fsp3) is 0.545. The number of aryl methyl sites for hydroxylation is 1. The molecule has 1 aliphatic rings. The summed E-state index contributed by atoms with van der Waals surface area (Å²) >= 11 is 5.67. The van der Waals surface area contributed by atoms with E-state index in [4.69, 9.17) is 11.6 Å². The van der Waals surface area contributed by atoms with Gasteiger partial charge in [-0.1, -0.05) is 5.21 Å². The molecule has 0 N–H and O–H groups in total. The number of rotatable bonds is 5. The molecule has 0 aromatic carbocycles. The van der Waals surface area contributed by atoms with E-state index in [1.54, 1.807) is 0 Å².